The van der Waals surface area contributed by atoms with Crippen molar-refractivity contribution in [1.82, 2.24) is 0 Å². The van der Waals surface area contributed by atoms with Gasteiger partial charge in [0.25, 0.3) is 0 Å². The van der Waals surface area contributed by atoms with Crippen LogP contribution in [0.5, 0.6) is 11.5 Å². The lowest BCUT2D eigenvalue weighted by molar-refractivity contribution is -0.150. The number of carboxylic acids is 1. The van der Waals surface area contributed by atoms with Gasteiger partial charge in [0.1, 0.15) is 11.5 Å². The molecule has 0 aliphatic rings. The van der Waals surface area contributed by atoms with Gasteiger partial charge in [-0.05, 0) is 85.6 Å². The van der Waals surface area contributed by atoms with Crippen molar-refractivity contribution in [3.05, 3.63) is 24.3 Å². The summed E-state index contributed by atoms with van der Waals surface area (Å²) in [6.07, 6.45) is 0.735. The molecule has 0 spiro atoms. The molecule has 0 saturated carbocycles. The zero-order valence-corrected chi connectivity index (χ0v) is 17.2. The minimum Gasteiger partial charge on any atom is -0.481 e. The van der Waals surface area contributed by atoms with Gasteiger partial charge in [-0.25, -0.2) is 0 Å². The van der Waals surface area contributed by atoms with E-state index in [9.17, 15) is 19.5 Å². The third-order valence-corrected chi connectivity index (χ3v) is 4.36. The summed E-state index contributed by atoms with van der Waals surface area (Å²) < 4.78 is 10.7. The Labute approximate surface area is 160 Å². The Balaban J connectivity index is 2.71. The molecule has 0 unspecified atom stereocenters. The predicted molar refractivity (Wildman–Crippen MR) is 102 cm³/mol. The number of hydrogen-bond donors (Lipinski definition) is 1. The maximum Gasteiger partial charge on any atom is 0.316 e. The van der Waals surface area contributed by atoms with Crippen molar-refractivity contribution in [2.24, 2.45) is 16.2 Å². The number of benzene rings is 1. The number of hydrogen-bond acceptors (Lipinski definition) is 5. The molecule has 0 amide bonds. The Bertz CT molecular complexity index is 692. The summed E-state index contributed by atoms with van der Waals surface area (Å²) in [5, 5.41) is 9.20. The number of carboxylic acid groups (broad SMARTS) is 1. The Kier molecular flexibility index (Phi) is 6.81. The van der Waals surface area contributed by atoms with Gasteiger partial charge in [0.15, 0.2) is 0 Å². The lowest BCUT2D eigenvalue weighted by atomic mass is 9.79. The van der Waals surface area contributed by atoms with Crippen LogP contribution in [0.2, 0.25) is 0 Å². The molecule has 150 valence electrons. The molecule has 0 heterocycles. The molecule has 0 atom stereocenters. The lowest BCUT2D eigenvalue weighted by Gasteiger charge is -2.27. The highest BCUT2D eigenvalue weighted by atomic mass is 16.5. The van der Waals surface area contributed by atoms with Crippen LogP contribution in [-0.2, 0) is 14.4 Å². The van der Waals surface area contributed by atoms with E-state index in [0.717, 1.165) is 0 Å². The van der Waals surface area contributed by atoms with Crippen LogP contribution in [0, 0.1) is 16.2 Å². The quantitative estimate of drug-likeness (QED) is 0.556. The summed E-state index contributed by atoms with van der Waals surface area (Å²) in [5.41, 5.74) is -2.35. The van der Waals surface area contributed by atoms with Crippen molar-refractivity contribution in [3.8, 4) is 11.5 Å². The average molecular weight is 378 g/mol. The van der Waals surface area contributed by atoms with Crippen LogP contribution in [0.25, 0.3) is 0 Å². The molecule has 0 aromatic heterocycles. The van der Waals surface area contributed by atoms with E-state index in [1.165, 1.54) is 0 Å². The normalized spacial score (nSPS) is 12.4. The second kappa shape index (κ2) is 8.11. The van der Waals surface area contributed by atoms with Crippen molar-refractivity contribution >= 4 is 17.9 Å². The number of esters is 2. The van der Waals surface area contributed by atoms with Crippen LogP contribution < -0.4 is 9.47 Å². The first-order valence-electron chi connectivity index (χ1n) is 8.93. The maximum absolute atomic E-state index is 12.5. The maximum atomic E-state index is 12.5. The lowest BCUT2D eigenvalue weighted by Crippen LogP contribution is -2.32. The number of rotatable bonds is 7. The molecule has 1 rings (SSSR count). The second-order valence-electron chi connectivity index (χ2n) is 9.07. The summed E-state index contributed by atoms with van der Waals surface area (Å²) in [5.74, 6) is -0.983. The van der Waals surface area contributed by atoms with Crippen molar-refractivity contribution in [2.75, 3.05) is 0 Å². The fourth-order valence-electron chi connectivity index (χ4n) is 1.92. The topological polar surface area (TPSA) is 89.9 Å². The zero-order chi connectivity index (χ0) is 21.0. The molecule has 0 radical (unpaired) electrons. The summed E-state index contributed by atoms with van der Waals surface area (Å²) in [6, 6.07) is 6.24. The third kappa shape index (κ3) is 6.70. The molecule has 6 nitrogen and oxygen atoms in total. The van der Waals surface area contributed by atoms with Crippen molar-refractivity contribution in [3.63, 3.8) is 0 Å². The molecule has 0 aliphatic heterocycles. The highest BCUT2D eigenvalue weighted by Crippen LogP contribution is 2.33. The summed E-state index contributed by atoms with van der Waals surface area (Å²) in [4.78, 5) is 35.6. The van der Waals surface area contributed by atoms with Gasteiger partial charge in [0.2, 0.25) is 0 Å². The van der Waals surface area contributed by atoms with Gasteiger partial charge >= 0.3 is 17.9 Å². The molecule has 1 aromatic rings. The molecule has 0 fully saturated rings. The van der Waals surface area contributed by atoms with E-state index in [2.05, 4.69) is 0 Å². The number of ether oxygens (including phenoxy) is 2. The molecule has 27 heavy (non-hydrogen) atoms. The Morgan fingerprint density at radius 1 is 0.741 bits per heavy atom. The van der Waals surface area contributed by atoms with Gasteiger partial charge in [0, 0.05) is 0 Å². The van der Waals surface area contributed by atoms with E-state index in [1.807, 2.05) is 0 Å². The Morgan fingerprint density at radius 2 is 1.11 bits per heavy atom. The molecule has 6 heteroatoms. The Morgan fingerprint density at radius 3 is 1.48 bits per heavy atom. The van der Waals surface area contributed by atoms with E-state index >= 15 is 0 Å². The van der Waals surface area contributed by atoms with Crippen LogP contribution in [-0.4, -0.2) is 23.0 Å². The highest BCUT2D eigenvalue weighted by Gasteiger charge is 2.35. The first kappa shape index (κ1) is 22.7. The van der Waals surface area contributed by atoms with E-state index in [-0.39, 0.29) is 5.97 Å². The molecular formula is C21H30O6. The average Bonchev–Trinajstić information content (AvgIpc) is 2.54. The minimum absolute atomic E-state index is 0.334. The van der Waals surface area contributed by atoms with E-state index in [1.54, 1.807) is 72.7 Å². The van der Waals surface area contributed by atoms with Crippen LogP contribution in [0.1, 0.15) is 61.3 Å². The monoisotopic (exact) mass is 378 g/mol. The van der Waals surface area contributed by atoms with Gasteiger partial charge in [-0.1, -0.05) is 0 Å². The van der Waals surface area contributed by atoms with Crippen molar-refractivity contribution in [2.45, 2.75) is 61.3 Å². The molecule has 0 aliphatic carbocycles. The molecule has 0 saturated heterocycles. The molecule has 1 aromatic carbocycles. The zero-order valence-electron chi connectivity index (χ0n) is 17.2. The van der Waals surface area contributed by atoms with Gasteiger partial charge in [0.05, 0.1) is 16.2 Å². The standard InChI is InChI=1S/C21H30O6/c1-19(2,3)17(24)26-14-8-10-15(11-9-14)27-18(25)21(6,7)13-12-20(4,5)16(22)23/h8-11H,12-13H2,1-7H3,(H,22,23). The number of aliphatic carboxylic acids is 1. The molecular weight excluding hydrogens is 348 g/mol. The van der Waals surface area contributed by atoms with Crippen molar-refractivity contribution in [1.29, 1.82) is 0 Å². The third-order valence-electron chi connectivity index (χ3n) is 4.36. The Hall–Kier alpha value is -2.37. The van der Waals surface area contributed by atoms with Crippen LogP contribution in [0.15, 0.2) is 24.3 Å². The fraction of sp³-hybridized carbons (Fsp3) is 0.571. The minimum atomic E-state index is -0.907. The number of carbonyl (C=O) groups is 3. The van der Waals surface area contributed by atoms with Gasteiger partial charge in [-0.2, -0.15) is 0 Å². The van der Waals surface area contributed by atoms with Gasteiger partial charge < -0.3 is 14.6 Å². The first-order valence-corrected chi connectivity index (χ1v) is 8.93. The summed E-state index contributed by atoms with van der Waals surface area (Å²) in [7, 11) is 0. The van der Waals surface area contributed by atoms with Crippen molar-refractivity contribution < 1.29 is 29.0 Å². The fourth-order valence-corrected chi connectivity index (χ4v) is 1.92. The van der Waals surface area contributed by atoms with Crippen LogP contribution in [0.3, 0.4) is 0 Å². The van der Waals surface area contributed by atoms with Crippen LogP contribution >= 0.6 is 0 Å². The van der Waals surface area contributed by atoms with E-state index < -0.39 is 28.2 Å². The molecule has 1 N–H and O–H groups in total. The van der Waals surface area contributed by atoms with Gasteiger partial charge in [-0.3, -0.25) is 14.4 Å². The largest absolute Gasteiger partial charge is 0.481 e. The molecule has 0 bridgehead atoms. The predicted octanol–water partition coefficient (Wildman–Crippen LogP) is 4.46. The highest BCUT2D eigenvalue weighted by molar-refractivity contribution is 5.79. The van der Waals surface area contributed by atoms with E-state index in [0.29, 0.717) is 24.3 Å². The van der Waals surface area contributed by atoms with E-state index in [4.69, 9.17) is 9.47 Å². The second-order valence-corrected chi connectivity index (χ2v) is 9.07. The summed E-state index contributed by atoms with van der Waals surface area (Å²) >= 11 is 0. The SMILES string of the molecule is CC(C)(C)C(=O)Oc1ccc(OC(=O)C(C)(C)CCC(C)(C)C(=O)O)cc1. The smallest absolute Gasteiger partial charge is 0.316 e. The number of carbonyl (C=O) groups excluding carboxylic acids is 2. The van der Waals surface area contributed by atoms with Crippen LogP contribution in [0.4, 0.5) is 0 Å². The summed E-state index contributed by atoms with van der Waals surface area (Å²) in [6.45, 7) is 12.0. The van der Waals surface area contributed by atoms with Gasteiger partial charge in [-0.15, -0.1) is 0 Å². The first-order chi connectivity index (χ1) is 12.1.